The molecule has 1 atom stereocenters. The number of aromatic nitrogens is 2. The molecule has 0 aliphatic carbocycles. The summed E-state index contributed by atoms with van der Waals surface area (Å²) < 4.78 is 8.10. The van der Waals surface area contributed by atoms with E-state index in [9.17, 15) is 0 Å². The minimum absolute atomic E-state index is 0.123. The number of nitrogens with one attached hydrogen (secondary N) is 1. The van der Waals surface area contributed by atoms with Crippen molar-refractivity contribution in [1.82, 2.24) is 14.9 Å². The van der Waals surface area contributed by atoms with E-state index in [1.54, 1.807) is 0 Å². The summed E-state index contributed by atoms with van der Waals surface area (Å²) in [4.78, 5) is 4.45. The van der Waals surface area contributed by atoms with E-state index in [1.165, 1.54) is 0 Å². The fourth-order valence-corrected chi connectivity index (χ4v) is 2.52. The van der Waals surface area contributed by atoms with Crippen molar-refractivity contribution in [1.29, 1.82) is 0 Å². The van der Waals surface area contributed by atoms with Gasteiger partial charge in [-0.1, -0.05) is 13.8 Å². The first-order valence-corrected chi connectivity index (χ1v) is 6.43. The summed E-state index contributed by atoms with van der Waals surface area (Å²) in [5.74, 6) is 1.03. The van der Waals surface area contributed by atoms with E-state index in [0.717, 1.165) is 25.3 Å². The molecule has 0 fully saturated rings. The highest BCUT2D eigenvalue weighted by atomic mass is 16.5. The van der Waals surface area contributed by atoms with E-state index < -0.39 is 0 Å². The molecule has 98 valence electrons. The van der Waals surface area contributed by atoms with Gasteiger partial charge < -0.3 is 14.6 Å². The fourth-order valence-electron chi connectivity index (χ4n) is 2.52. The maximum atomic E-state index is 6.04. The Morgan fingerprint density at radius 2 is 2.06 bits per heavy atom. The Labute approximate surface area is 104 Å². The third-order valence-electron chi connectivity index (χ3n) is 3.56. The molecule has 1 aromatic rings. The van der Waals surface area contributed by atoms with Gasteiger partial charge in [0, 0.05) is 26.0 Å². The Balaban J connectivity index is 3.09. The molecule has 4 nitrogen and oxygen atoms in total. The Morgan fingerprint density at radius 1 is 1.41 bits per heavy atom. The predicted octanol–water partition coefficient (Wildman–Crippen LogP) is 2.28. The molecule has 1 unspecified atom stereocenters. The number of aryl methyl sites for hydroxylation is 1. The van der Waals surface area contributed by atoms with Gasteiger partial charge in [0.25, 0.3) is 0 Å². The Kier molecular flexibility index (Phi) is 5.15. The number of ether oxygens (including phenoxy) is 1. The van der Waals surface area contributed by atoms with Gasteiger partial charge in [-0.15, -0.1) is 0 Å². The monoisotopic (exact) mass is 239 g/mol. The first kappa shape index (κ1) is 14.2. The second-order valence-corrected chi connectivity index (χ2v) is 4.32. The van der Waals surface area contributed by atoms with Crippen LogP contribution in [-0.4, -0.2) is 28.8 Å². The summed E-state index contributed by atoms with van der Waals surface area (Å²) in [7, 11) is 3.99. The van der Waals surface area contributed by atoms with Gasteiger partial charge in [0.1, 0.15) is 5.82 Å². The molecule has 0 radical (unpaired) electrons. The number of imidazole rings is 1. The number of hydrogen-bond acceptors (Lipinski definition) is 3. The van der Waals surface area contributed by atoms with Crippen molar-refractivity contribution in [2.45, 2.75) is 45.3 Å². The maximum Gasteiger partial charge on any atom is 0.128 e. The molecule has 4 heteroatoms. The summed E-state index contributed by atoms with van der Waals surface area (Å²) in [6.45, 7) is 7.12. The second-order valence-electron chi connectivity index (χ2n) is 4.32. The first-order chi connectivity index (χ1) is 8.15. The first-order valence-electron chi connectivity index (χ1n) is 6.43. The Bertz CT molecular complexity index is 331. The molecule has 0 aliphatic heterocycles. The van der Waals surface area contributed by atoms with Crippen LogP contribution in [0.3, 0.4) is 0 Å². The molecular weight excluding hydrogens is 214 g/mol. The quantitative estimate of drug-likeness (QED) is 0.793. The average Bonchev–Trinajstić information content (AvgIpc) is 2.75. The van der Waals surface area contributed by atoms with Crippen LogP contribution < -0.4 is 5.32 Å². The summed E-state index contributed by atoms with van der Waals surface area (Å²) in [5, 5.41) is 3.36. The molecule has 0 saturated carbocycles. The minimum atomic E-state index is -0.178. The van der Waals surface area contributed by atoms with Crippen LogP contribution in [0.1, 0.15) is 45.5 Å². The SMILES string of the molecule is CCOC(CC)(CC)C(NC)c1nccn1C. The van der Waals surface area contributed by atoms with Gasteiger partial charge in [-0.3, -0.25) is 0 Å². The third-order valence-corrected chi connectivity index (χ3v) is 3.56. The summed E-state index contributed by atoms with van der Waals surface area (Å²) in [5.41, 5.74) is -0.178. The van der Waals surface area contributed by atoms with E-state index in [1.807, 2.05) is 33.4 Å². The van der Waals surface area contributed by atoms with Crippen molar-refractivity contribution < 1.29 is 4.74 Å². The van der Waals surface area contributed by atoms with Crippen molar-refractivity contribution in [2.75, 3.05) is 13.7 Å². The van der Waals surface area contributed by atoms with E-state index in [0.29, 0.717) is 0 Å². The average molecular weight is 239 g/mol. The van der Waals surface area contributed by atoms with Crippen molar-refractivity contribution in [2.24, 2.45) is 7.05 Å². The van der Waals surface area contributed by atoms with Crippen molar-refractivity contribution in [3.05, 3.63) is 18.2 Å². The number of rotatable bonds is 7. The Hall–Kier alpha value is -0.870. The molecule has 0 aliphatic rings. The van der Waals surface area contributed by atoms with E-state index in [4.69, 9.17) is 4.74 Å². The summed E-state index contributed by atoms with van der Waals surface area (Å²) in [6, 6.07) is 0.123. The smallest absolute Gasteiger partial charge is 0.128 e. The van der Waals surface area contributed by atoms with Gasteiger partial charge >= 0.3 is 0 Å². The predicted molar refractivity (Wildman–Crippen MR) is 69.9 cm³/mol. The van der Waals surface area contributed by atoms with Gasteiger partial charge in [0.05, 0.1) is 11.6 Å². The van der Waals surface area contributed by atoms with Crippen molar-refractivity contribution in [3.8, 4) is 0 Å². The lowest BCUT2D eigenvalue weighted by molar-refractivity contribution is -0.0741. The molecule has 1 N–H and O–H groups in total. The van der Waals surface area contributed by atoms with Crippen LogP contribution in [0.25, 0.3) is 0 Å². The highest BCUT2D eigenvalue weighted by molar-refractivity contribution is 5.07. The van der Waals surface area contributed by atoms with Crippen LogP contribution in [0.5, 0.6) is 0 Å². The van der Waals surface area contributed by atoms with Gasteiger partial charge in [-0.2, -0.15) is 0 Å². The van der Waals surface area contributed by atoms with E-state index in [2.05, 4.69) is 28.7 Å². The molecule has 0 saturated heterocycles. The summed E-state index contributed by atoms with van der Waals surface area (Å²) in [6.07, 6.45) is 5.74. The normalized spacial score (nSPS) is 13.9. The lowest BCUT2D eigenvalue weighted by Gasteiger charge is -2.38. The molecule has 17 heavy (non-hydrogen) atoms. The third kappa shape index (κ3) is 2.69. The fraction of sp³-hybridized carbons (Fsp3) is 0.769. The van der Waals surface area contributed by atoms with Crippen molar-refractivity contribution in [3.63, 3.8) is 0 Å². The van der Waals surface area contributed by atoms with E-state index >= 15 is 0 Å². The molecule has 0 spiro atoms. The molecule has 1 rings (SSSR count). The zero-order chi connectivity index (χ0) is 12.9. The van der Waals surface area contributed by atoms with Crippen LogP contribution in [-0.2, 0) is 11.8 Å². The van der Waals surface area contributed by atoms with Gasteiger partial charge in [0.2, 0.25) is 0 Å². The molecule has 1 heterocycles. The lowest BCUT2D eigenvalue weighted by atomic mass is 9.87. The number of nitrogens with zero attached hydrogens (tertiary/aromatic N) is 2. The van der Waals surface area contributed by atoms with Gasteiger partial charge in [0.15, 0.2) is 0 Å². The highest BCUT2D eigenvalue weighted by Crippen LogP contribution is 2.34. The molecule has 0 bridgehead atoms. The van der Waals surface area contributed by atoms with Crippen LogP contribution in [0, 0.1) is 0 Å². The van der Waals surface area contributed by atoms with Crippen LogP contribution in [0.2, 0.25) is 0 Å². The molecular formula is C13H25N3O. The standard InChI is InChI=1S/C13H25N3O/c1-6-13(7-2,17-8-3)11(14-4)12-15-9-10-16(12)5/h9-11,14H,6-8H2,1-5H3. The minimum Gasteiger partial charge on any atom is -0.373 e. The molecule has 0 amide bonds. The van der Waals surface area contributed by atoms with Crippen LogP contribution in [0.15, 0.2) is 12.4 Å². The zero-order valence-electron chi connectivity index (χ0n) is 11.7. The number of hydrogen-bond donors (Lipinski definition) is 1. The van der Waals surface area contributed by atoms with Crippen LogP contribution >= 0.6 is 0 Å². The van der Waals surface area contributed by atoms with Gasteiger partial charge in [-0.05, 0) is 26.8 Å². The van der Waals surface area contributed by atoms with Crippen molar-refractivity contribution >= 4 is 0 Å². The summed E-state index contributed by atoms with van der Waals surface area (Å²) >= 11 is 0. The second kappa shape index (κ2) is 6.17. The largest absolute Gasteiger partial charge is 0.373 e. The Morgan fingerprint density at radius 3 is 2.41 bits per heavy atom. The van der Waals surface area contributed by atoms with Gasteiger partial charge in [-0.25, -0.2) is 4.98 Å². The molecule has 0 aromatic carbocycles. The lowest BCUT2D eigenvalue weighted by Crippen LogP contribution is -2.45. The van der Waals surface area contributed by atoms with E-state index in [-0.39, 0.29) is 11.6 Å². The zero-order valence-corrected chi connectivity index (χ0v) is 11.7. The topological polar surface area (TPSA) is 39.1 Å². The maximum absolute atomic E-state index is 6.04. The molecule has 1 aromatic heterocycles. The van der Waals surface area contributed by atoms with Crippen LogP contribution in [0.4, 0.5) is 0 Å². The number of likely N-dealkylation sites (N-methyl/N-ethyl adjacent to an activating group) is 1. The highest BCUT2D eigenvalue weighted by Gasteiger charge is 2.38.